The van der Waals surface area contributed by atoms with E-state index in [0.29, 0.717) is 39.9 Å². The lowest BCUT2D eigenvalue weighted by atomic mass is 9.71. The van der Waals surface area contributed by atoms with Crippen LogP contribution in [0.2, 0.25) is 5.02 Å². The summed E-state index contributed by atoms with van der Waals surface area (Å²) in [5, 5.41) is 13.8. The van der Waals surface area contributed by atoms with E-state index in [2.05, 4.69) is 39.0 Å². The van der Waals surface area contributed by atoms with Crippen molar-refractivity contribution in [2.24, 2.45) is 17.3 Å². The van der Waals surface area contributed by atoms with Crippen molar-refractivity contribution in [3.05, 3.63) is 51.2 Å². The Labute approximate surface area is 254 Å². The molecule has 12 heteroatoms. The van der Waals surface area contributed by atoms with Crippen molar-refractivity contribution >= 4 is 46.6 Å². The molecule has 4 heterocycles. The van der Waals surface area contributed by atoms with Gasteiger partial charge in [0.1, 0.15) is 16.7 Å². The van der Waals surface area contributed by atoms with Crippen LogP contribution in [0.15, 0.2) is 39.1 Å². The number of anilines is 3. The Morgan fingerprint density at radius 2 is 1.98 bits per heavy atom. The molecule has 3 aliphatic rings. The molecule has 1 amide bonds. The highest BCUT2D eigenvalue weighted by molar-refractivity contribution is 7.99. The number of rotatable bonds is 5. The zero-order valence-corrected chi connectivity index (χ0v) is 25.5. The minimum absolute atomic E-state index is 0.257. The molecule has 0 radical (unpaired) electrons. The van der Waals surface area contributed by atoms with Crippen LogP contribution < -0.4 is 21.5 Å². The summed E-state index contributed by atoms with van der Waals surface area (Å²) in [4.78, 5) is 42.3. The number of aryl methyl sites for hydroxylation is 1. The summed E-state index contributed by atoms with van der Waals surface area (Å²) >= 11 is 7.92. The number of nitrogens with one attached hydrogen (secondary N) is 1. The molecule has 1 saturated heterocycles. The predicted molar refractivity (Wildman–Crippen MR) is 165 cm³/mol. The molecule has 42 heavy (non-hydrogen) atoms. The Morgan fingerprint density at radius 3 is 2.69 bits per heavy atom. The van der Waals surface area contributed by atoms with Crippen LogP contribution in [0.4, 0.5) is 17.3 Å². The van der Waals surface area contributed by atoms with Gasteiger partial charge in [-0.15, -0.1) is 0 Å². The summed E-state index contributed by atoms with van der Waals surface area (Å²) in [6.45, 7) is 7.14. The van der Waals surface area contributed by atoms with Gasteiger partial charge in [0, 0.05) is 31.0 Å². The summed E-state index contributed by atoms with van der Waals surface area (Å²) < 4.78 is 1.45. The number of carbonyl (C=O) groups excluding carboxylic acids is 1. The number of aromatic hydroxyl groups is 1. The van der Waals surface area contributed by atoms with E-state index < -0.39 is 22.9 Å². The van der Waals surface area contributed by atoms with E-state index in [9.17, 15) is 14.7 Å². The van der Waals surface area contributed by atoms with Gasteiger partial charge in [0.2, 0.25) is 5.88 Å². The maximum atomic E-state index is 13.1. The fourth-order valence-corrected chi connectivity index (χ4v) is 8.16. The Bertz CT molecular complexity index is 1590. The van der Waals surface area contributed by atoms with E-state index in [0.717, 1.165) is 56.4 Å². The highest BCUT2D eigenvalue weighted by Gasteiger charge is 2.45. The zero-order valence-electron chi connectivity index (χ0n) is 23.9. The number of nitrogen functional groups attached to an aromatic ring is 1. The van der Waals surface area contributed by atoms with Gasteiger partial charge in [-0.05, 0) is 67.9 Å². The maximum Gasteiger partial charge on any atom is 0.270 e. The van der Waals surface area contributed by atoms with Gasteiger partial charge in [0.25, 0.3) is 11.5 Å². The van der Waals surface area contributed by atoms with Crippen LogP contribution >= 0.6 is 23.4 Å². The Hall–Kier alpha value is -3.31. The SMILES string of the molecule is C[C@H]1C[C@@H](C)C2(CCN(c3cnc(Sc4cccc(NC(=O)c5c(O)nc6n(c5=O)CCCC6)c4Cl)c(N)n3)CC2)C1. The number of benzene rings is 1. The summed E-state index contributed by atoms with van der Waals surface area (Å²) in [5.74, 6) is 1.79. The maximum absolute atomic E-state index is 13.1. The van der Waals surface area contributed by atoms with E-state index in [1.807, 2.05) is 0 Å². The molecule has 2 aromatic heterocycles. The lowest BCUT2D eigenvalue weighted by Gasteiger charge is -2.42. The van der Waals surface area contributed by atoms with E-state index >= 15 is 0 Å². The van der Waals surface area contributed by atoms with Gasteiger partial charge in [-0.25, -0.2) is 9.97 Å². The van der Waals surface area contributed by atoms with Crippen LogP contribution in [0, 0.1) is 17.3 Å². The number of hydrogen-bond acceptors (Lipinski definition) is 9. The fourth-order valence-electron chi connectivity index (χ4n) is 7.06. The number of carbonyl (C=O) groups is 1. The highest BCUT2D eigenvalue weighted by Crippen LogP contribution is 2.53. The lowest BCUT2D eigenvalue weighted by molar-refractivity contribution is 0.102. The zero-order chi connectivity index (χ0) is 29.6. The number of hydrogen-bond donors (Lipinski definition) is 3. The minimum atomic E-state index is -0.775. The lowest BCUT2D eigenvalue weighted by Crippen LogP contribution is -2.42. The van der Waals surface area contributed by atoms with Crippen molar-refractivity contribution in [2.45, 2.75) is 75.3 Å². The third-order valence-corrected chi connectivity index (χ3v) is 10.9. The van der Waals surface area contributed by atoms with E-state index in [1.165, 1.54) is 29.2 Å². The standard InChI is InChI=1S/C30H36ClN7O3S/c1-17-14-18(2)30(15-17)9-12-37(13-10-30)22-16-33-28(25(32)35-22)42-20-7-5-6-19(24(20)31)34-26(39)23-27(40)36-21-8-3-4-11-38(21)29(23)41/h5-7,16-18,40H,3-4,8-15H2,1-2H3,(H2,32,35)(H,34,39)/t17-,18+/m0/s1. The van der Waals surface area contributed by atoms with Gasteiger partial charge in [-0.1, -0.05) is 43.3 Å². The minimum Gasteiger partial charge on any atom is -0.493 e. The van der Waals surface area contributed by atoms with E-state index in [4.69, 9.17) is 17.3 Å². The van der Waals surface area contributed by atoms with Crippen LogP contribution in [0.25, 0.3) is 0 Å². The summed E-state index contributed by atoms with van der Waals surface area (Å²) in [6, 6.07) is 5.14. The first-order valence-corrected chi connectivity index (χ1v) is 15.8. The van der Waals surface area contributed by atoms with Crippen molar-refractivity contribution in [3.8, 4) is 5.88 Å². The Kier molecular flexibility index (Phi) is 7.82. The van der Waals surface area contributed by atoms with Crippen LogP contribution in [0.3, 0.4) is 0 Å². The van der Waals surface area contributed by atoms with Gasteiger partial charge in [-0.2, -0.15) is 4.98 Å². The second-order valence-electron chi connectivity index (χ2n) is 12.0. The van der Waals surface area contributed by atoms with Crippen molar-refractivity contribution in [1.82, 2.24) is 19.5 Å². The van der Waals surface area contributed by atoms with Crippen molar-refractivity contribution in [2.75, 3.05) is 29.0 Å². The molecular formula is C30H36ClN7O3S. The van der Waals surface area contributed by atoms with Crippen molar-refractivity contribution in [3.63, 3.8) is 0 Å². The van der Waals surface area contributed by atoms with Crippen molar-refractivity contribution in [1.29, 1.82) is 0 Å². The van der Waals surface area contributed by atoms with Gasteiger partial charge in [0.15, 0.2) is 11.4 Å². The van der Waals surface area contributed by atoms with Crippen LogP contribution in [-0.2, 0) is 13.0 Å². The molecule has 2 atom stereocenters. The van der Waals surface area contributed by atoms with E-state index in [-0.39, 0.29) is 10.7 Å². The van der Waals surface area contributed by atoms with Gasteiger partial charge >= 0.3 is 0 Å². The fraction of sp³-hybridized carbons (Fsp3) is 0.500. The normalized spacial score (nSPS) is 21.4. The molecule has 1 aliphatic carbocycles. The smallest absolute Gasteiger partial charge is 0.270 e. The number of fused-ring (bicyclic) bond motifs is 1. The second kappa shape index (κ2) is 11.4. The molecule has 4 N–H and O–H groups in total. The molecule has 2 fully saturated rings. The molecule has 3 aromatic rings. The number of nitrogens with zero attached hydrogens (tertiary/aromatic N) is 5. The molecule has 1 aromatic carbocycles. The molecular weight excluding hydrogens is 574 g/mol. The average Bonchev–Trinajstić information content (AvgIpc) is 3.23. The number of halogens is 1. The number of aromatic nitrogens is 4. The largest absolute Gasteiger partial charge is 0.493 e. The first-order valence-electron chi connectivity index (χ1n) is 14.6. The first-order chi connectivity index (χ1) is 20.1. The van der Waals surface area contributed by atoms with Gasteiger partial charge < -0.3 is 21.1 Å². The predicted octanol–water partition coefficient (Wildman–Crippen LogP) is 5.37. The van der Waals surface area contributed by atoms with Crippen LogP contribution in [0.5, 0.6) is 5.88 Å². The van der Waals surface area contributed by atoms with Crippen molar-refractivity contribution < 1.29 is 9.90 Å². The summed E-state index contributed by atoms with van der Waals surface area (Å²) in [7, 11) is 0. The number of amides is 1. The first kappa shape index (κ1) is 28.8. The molecule has 222 valence electrons. The molecule has 6 rings (SSSR count). The molecule has 1 spiro atoms. The summed E-state index contributed by atoms with van der Waals surface area (Å²) in [5.41, 5.74) is 6.13. The Balaban J connectivity index is 1.16. The van der Waals surface area contributed by atoms with Gasteiger partial charge in [-0.3, -0.25) is 14.2 Å². The number of nitrogens with two attached hydrogens (primary N) is 1. The summed E-state index contributed by atoms with van der Waals surface area (Å²) in [6.07, 6.45) is 9.00. The van der Waals surface area contributed by atoms with Crippen LogP contribution in [0.1, 0.15) is 68.6 Å². The molecule has 10 nitrogen and oxygen atoms in total. The van der Waals surface area contributed by atoms with E-state index in [1.54, 1.807) is 24.4 Å². The quantitative estimate of drug-likeness (QED) is 0.348. The monoisotopic (exact) mass is 609 g/mol. The molecule has 0 bridgehead atoms. The third-order valence-electron chi connectivity index (χ3n) is 9.30. The highest BCUT2D eigenvalue weighted by atomic mass is 35.5. The number of piperidine rings is 1. The molecule has 1 saturated carbocycles. The van der Waals surface area contributed by atoms with Crippen LogP contribution in [-0.4, -0.2) is 43.6 Å². The Morgan fingerprint density at radius 1 is 1.19 bits per heavy atom. The second-order valence-corrected chi connectivity index (χ2v) is 13.4. The average molecular weight is 610 g/mol. The molecule has 0 unspecified atom stereocenters. The third kappa shape index (κ3) is 5.32. The molecule has 2 aliphatic heterocycles. The topological polar surface area (TPSA) is 139 Å². The van der Waals surface area contributed by atoms with Gasteiger partial charge in [0.05, 0.1) is 16.9 Å².